The quantitative estimate of drug-likeness (QED) is 0.503. The minimum Gasteiger partial charge on any atom is -0.455 e. The van der Waals surface area contributed by atoms with Crippen LogP contribution in [0.25, 0.3) is 11.1 Å². The lowest BCUT2D eigenvalue weighted by molar-refractivity contribution is 0.0951. The van der Waals surface area contributed by atoms with Crippen LogP contribution in [0, 0.1) is 11.3 Å². The highest BCUT2D eigenvalue weighted by molar-refractivity contribution is 7.86. The lowest BCUT2D eigenvalue weighted by atomic mass is 10.0. The zero-order valence-corrected chi connectivity index (χ0v) is 18.9. The first-order valence-electron chi connectivity index (χ1n) is 10.3. The van der Waals surface area contributed by atoms with Gasteiger partial charge in [0.05, 0.1) is 5.56 Å². The molecule has 8 nitrogen and oxygen atoms in total. The number of para-hydroxylation sites is 1. The van der Waals surface area contributed by atoms with Crippen molar-refractivity contribution in [3.05, 3.63) is 83.9 Å². The first-order valence-corrected chi connectivity index (χ1v) is 11.8. The summed E-state index contributed by atoms with van der Waals surface area (Å²) in [6.45, 7) is 1.97. The number of rotatable bonds is 9. The Morgan fingerprint density at radius 1 is 1.06 bits per heavy atom. The number of hydrogen-bond donors (Lipinski definition) is 2. The van der Waals surface area contributed by atoms with Crippen molar-refractivity contribution in [1.29, 1.82) is 5.26 Å². The number of benzene rings is 3. The number of ether oxygens (including phenoxy) is 1. The summed E-state index contributed by atoms with van der Waals surface area (Å²) >= 11 is 0. The molecule has 33 heavy (non-hydrogen) atoms. The van der Waals surface area contributed by atoms with Crippen LogP contribution >= 0.6 is 0 Å². The molecule has 0 saturated heterocycles. The van der Waals surface area contributed by atoms with Crippen molar-refractivity contribution < 1.29 is 17.9 Å². The largest absolute Gasteiger partial charge is 0.455 e. The van der Waals surface area contributed by atoms with Crippen LogP contribution in [0.2, 0.25) is 0 Å². The smallest absolute Gasteiger partial charge is 0.276 e. The van der Waals surface area contributed by atoms with Gasteiger partial charge in [-0.25, -0.2) is 5.14 Å². The Bertz CT molecular complexity index is 1270. The van der Waals surface area contributed by atoms with Gasteiger partial charge in [0.25, 0.3) is 16.1 Å². The first kappa shape index (κ1) is 23.9. The van der Waals surface area contributed by atoms with Crippen LogP contribution in [0.3, 0.4) is 0 Å². The molecule has 0 bridgehead atoms. The predicted molar refractivity (Wildman–Crippen MR) is 126 cm³/mol. The summed E-state index contributed by atoms with van der Waals surface area (Å²) in [6, 6.07) is 23.8. The highest BCUT2D eigenvalue weighted by Gasteiger charge is 2.16. The van der Waals surface area contributed by atoms with Gasteiger partial charge in [-0.2, -0.15) is 18.0 Å². The average Bonchev–Trinajstić information content (AvgIpc) is 2.82. The van der Waals surface area contributed by atoms with Gasteiger partial charge in [-0.1, -0.05) is 55.5 Å². The lowest BCUT2D eigenvalue weighted by Gasteiger charge is -2.17. The molecule has 3 aromatic carbocycles. The zero-order valence-electron chi connectivity index (χ0n) is 18.1. The van der Waals surface area contributed by atoms with Crippen LogP contribution in [0.1, 0.15) is 22.8 Å². The van der Waals surface area contributed by atoms with Gasteiger partial charge >= 0.3 is 0 Å². The highest BCUT2D eigenvalue weighted by Crippen LogP contribution is 2.34. The SMILES string of the molecule is CCN(CCNC(=O)c1ccc(Oc2ccccc2-c2ccccc2)c(C#N)c1)S(N)(=O)=O. The van der Waals surface area contributed by atoms with E-state index in [1.165, 1.54) is 6.07 Å². The molecule has 3 aromatic rings. The maximum absolute atomic E-state index is 12.5. The van der Waals surface area contributed by atoms with Crippen molar-refractivity contribution in [2.75, 3.05) is 19.6 Å². The monoisotopic (exact) mass is 464 g/mol. The number of nitrogens with one attached hydrogen (secondary N) is 1. The summed E-state index contributed by atoms with van der Waals surface area (Å²) in [5, 5.41) is 17.4. The summed E-state index contributed by atoms with van der Waals surface area (Å²) in [5.41, 5.74) is 2.31. The van der Waals surface area contributed by atoms with Crippen LogP contribution in [-0.2, 0) is 10.2 Å². The van der Waals surface area contributed by atoms with E-state index < -0.39 is 16.1 Å². The third kappa shape index (κ3) is 6.17. The van der Waals surface area contributed by atoms with Crippen LogP contribution in [0.15, 0.2) is 72.8 Å². The number of carbonyl (C=O) groups is 1. The van der Waals surface area contributed by atoms with Crippen LogP contribution in [0.5, 0.6) is 11.5 Å². The first-order chi connectivity index (χ1) is 15.8. The normalized spacial score (nSPS) is 11.1. The molecule has 0 atom stereocenters. The van der Waals surface area contributed by atoms with Crippen molar-refractivity contribution in [2.45, 2.75) is 6.92 Å². The second kappa shape index (κ2) is 10.7. The minimum atomic E-state index is -3.82. The van der Waals surface area contributed by atoms with Gasteiger partial charge in [0.1, 0.15) is 17.6 Å². The van der Waals surface area contributed by atoms with Crippen LogP contribution < -0.4 is 15.2 Å². The van der Waals surface area contributed by atoms with Gasteiger partial charge < -0.3 is 10.1 Å². The van der Waals surface area contributed by atoms with Crippen molar-refractivity contribution in [3.8, 4) is 28.7 Å². The number of carbonyl (C=O) groups excluding carboxylic acids is 1. The van der Waals surface area contributed by atoms with Crippen molar-refractivity contribution in [1.82, 2.24) is 9.62 Å². The molecule has 3 N–H and O–H groups in total. The predicted octanol–water partition coefficient (Wildman–Crippen LogP) is 3.27. The van der Waals surface area contributed by atoms with E-state index in [1.54, 1.807) is 19.1 Å². The van der Waals surface area contributed by atoms with Gasteiger partial charge in [-0.3, -0.25) is 4.79 Å². The van der Waals surface area contributed by atoms with E-state index in [0.717, 1.165) is 15.4 Å². The van der Waals surface area contributed by atoms with E-state index >= 15 is 0 Å². The van der Waals surface area contributed by atoms with Crippen molar-refractivity contribution in [2.24, 2.45) is 5.14 Å². The second-order valence-corrected chi connectivity index (χ2v) is 8.63. The van der Waals surface area contributed by atoms with E-state index in [2.05, 4.69) is 11.4 Å². The molecule has 0 unspecified atom stereocenters. The van der Waals surface area contributed by atoms with Gasteiger partial charge in [0.2, 0.25) is 0 Å². The Morgan fingerprint density at radius 3 is 2.42 bits per heavy atom. The second-order valence-electron chi connectivity index (χ2n) is 7.08. The highest BCUT2D eigenvalue weighted by atomic mass is 32.2. The fourth-order valence-electron chi connectivity index (χ4n) is 3.24. The summed E-state index contributed by atoms with van der Waals surface area (Å²) in [4.78, 5) is 12.5. The molecule has 0 radical (unpaired) electrons. The number of likely N-dealkylation sites (N-methyl/N-ethyl adjacent to an activating group) is 1. The molecule has 9 heteroatoms. The van der Waals surface area contributed by atoms with Gasteiger partial charge in [0.15, 0.2) is 0 Å². The Morgan fingerprint density at radius 2 is 1.76 bits per heavy atom. The molecular weight excluding hydrogens is 440 g/mol. The maximum Gasteiger partial charge on any atom is 0.276 e. The van der Waals surface area contributed by atoms with E-state index in [4.69, 9.17) is 9.88 Å². The van der Waals surface area contributed by atoms with E-state index in [-0.39, 0.29) is 30.8 Å². The standard InChI is InChI=1S/C24H24N4O4S/c1-2-28(33(26,30)31)15-14-27-24(29)19-12-13-22(20(16-19)17-25)32-23-11-7-6-10-21(23)18-8-4-3-5-9-18/h3-13,16H,2,14-15H2,1H3,(H,27,29)(H2,26,30,31). The van der Waals surface area contributed by atoms with Gasteiger partial charge in [-0.15, -0.1) is 0 Å². The lowest BCUT2D eigenvalue weighted by Crippen LogP contribution is -2.41. The Labute approximate surface area is 193 Å². The number of nitrogens with zero attached hydrogens (tertiary/aromatic N) is 2. The van der Waals surface area contributed by atoms with E-state index in [9.17, 15) is 18.5 Å². The summed E-state index contributed by atoms with van der Waals surface area (Å²) in [6.07, 6.45) is 0. The summed E-state index contributed by atoms with van der Waals surface area (Å²) in [7, 11) is -3.82. The van der Waals surface area contributed by atoms with Crippen molar-refractivity contribution >= 4 is 16.1 Å². The molecular formula is C24H24N4O4S. The Kier molecular flexibility index (Phi) is 7.79. The molecule has 0 aliphatic rings. The molecule has 0 spiro atoms. The Hall–Kier alpha value is -3.71. The minimum absolute atomic E-state index is 0.0453. The fraction of sp³-hybridized carbons (Fsp3) is 0.167. The number of amides is 1. The molecule has 0 aromatic heterocycles. The van der Waals surface area contributed by atoms with Gasteiger partial charge in [-0.05, 0) is 29.8 Å². The van der Waals surface area contributed by atoms with Crippen molar-refractivity contribution in [3.63, 3.8) is 0 Å². The van der Waals surface area contributed by atoms with Crippen LogP contribution in [0.4, 0.5) is 0 Å². The molecule has 0 saturated carbocycles. The summed E-state index contributed by atoms with van der Waals surface area (Å²) < 4.78 is 30.0. The molecule has 170 valence electrons. The third-order valence-corrected chi connectivity index (χ3v) is 6.07. The van der Waals surface area contributed by atoms with E-state index in [0.29, 0.717) is 11.5 Å². The fourth-order valence-corrected chi connectivity index (χ4v) is 3.95. The summed E-state index contributed by atoms with van der Waals surface area (Å²) in [5.74, 6) is 0.470. The molecule has 0 aliphatic heterocycles. The number of nitrogens with two attached hydrogens (primary N) is 1. The third-order valence-electron chi connectivity index (χ3n) is 4.91. The molecule has 3 rings (SSSR count). The molecule has 0 fully saturated rings. The zero-order chi connectivity index (χ0) is 23.8. The Balaban J connectivity index is 1.75. The number of nitriles is 1. The van der Waals surface area contributed by atoms with E-state index in [1.807, 2.05) is 54.6 Å². The maximum atomic E-state index is 12.5. The molecule has 0 aliphatic carbocycles. The van der Waals surface area contributed by atoms with Gasteiger partial charge in [0, 0.05) is 30.8 Å². The number of hydrogen-bond acceptors (Lipinski definition) is 5. The average molecular weight is 465 g/mol. The van der Waals surface area contributed by atoms with Crippen LogP contribution in [-0.4, -0.2) is 38.3 Å². The molecule has 1 amide bonds. The molecule has 0 heterocycles. The topological polar surface area (TPSA) is 126 Å².